The van der Waals surface area contributed by atoms with Gasteiger partial charge in [0.05, 0.1) is 34.0 Å². The third-order valence-corrected chi connectivity index (χ3v) is 6.18. The zero-order chi connectivity index (χ0) is 19.6. The van der Waals surface area contributed by atoms with Gasteiger partial charge < -0.3 is 23.3 Å². The summed E-state index contributed by atoms with van der Waals surface area (Å²) >= 11 is 0. The van der Waals surface area contributed by atoms with Crippen molar-refractivity contribution in [2.24, 2.45) is 0 Å². The molecule has 0 saturated heterocycles. The van der Waals surface area contributed by atoms with Gasteiger partial charge >= 0.3 is 13.6 Å². The molecule has 148 valence electrons. The van der Waals surface area contributed by atoms with Crippen LogP contribution in [0.4, 0.5) is 0 Å². The first-order valence-corrected chi connectivity index (χ1v) is 10.3. The van der Waals surface area contributed by atoms with Gasteiger partial charge in [-0.15, -0.1) is 0 Å². The van der Waals surface area contributed by atoms with E-state index in [4.69, 9.17) is 23.3 Å². The second-order valence-corrected chi connectivity index (χ2v) is 7.59. The molecule has 0 aromatic heterocycles. The Morgan fingerprint density at radius 1 is 1.00 bits per heavy atom. The molecule has 0 saturated carbocycles. The van der Waals surface area contributed by atoms with Crippen LogP contribution >= 0.6 is 7.60 Å². The Kier molecular flexibility index (Phi) is 9.70. The van der Waals surface area contributed by atoms with Crippen molar-refractivity contribution >= 4 is 13.6 Å². The molecule has 0 N–H and O–H groups in total. The summed E-state index contributed by atoms with van der Waals surface area (Å²) in [5.74, 6) is 0.640. The first kappa shape index (κ1) is 22.5. The molecule has 0 radical (unpaired) electrons. The highest BCUT2D eigenvalue weighted by atomic mass is 31.2. The summed E-state index contributed by atoms with van der Waals surface area (Å²) < 4.78 is 39.4. The van der Waals surface area contributed by atoms with Crippen molar-refractivity contribution in [2.45, 2.75) is 39.3 Å². The summed E-state index contributed by atoms with van der Waals surface area (Å²) in [7, 11) is -0.496. The number of esters is 1. The van der Waals surface area contributed by atoms with Crippen LogP contribution in [-0.4, -0.2) is 45.7 Å². The Morgan fingerprint density at radius 2 is 1.62 bits per heavy atom. The minimum Gasteiger partial charge on any atom is -0.493 e. The topological polar surface area (TPSA) is 80.3 Å². The van der Waals surface area contributed by atoms with Crippen LogP contribution in [0.3, 0.4) is 0 Å². The maximum Gasteiger partial charge on any atom is 0.344 e. The monoisotopic (exact) mass is 388 g/mol. The summed E-state index contributed by atoms with van der Waals surface area (Å²) in [5, 5.41) is 0. The van der Waals surface area contributed by atoms with Gasteiger partial charge in [0.25, 0.3) is 0 Å². The molecule has 1 aromatic rings. The van der Waals surface area contributed by atoms with Gasteiger partial charge in [-0.1, -0.05) is 6.07 Å². The molecule has 0 heterocycles. The Hall–Kier alpha value is -1.56. The molecule has 0 amide bonds. The second-order valence-electron chi connectivity index (χ2n) is 5.37. The van der Waals surface area contributed by atoms with Crippen LogP contribution in [0.2, 0.25) is 0 Å². The molecular weight excluding hydrogens is 359 g/mol. The van der Waals surface area contributed by atoms with E-state index in [9.17, 15) is 9.36 Å². The van der Waals surface area contributed by atoms with E-state index in [1.165, 1.54) is 0 Å². The zero-order valence-electron chi connectivity index (χ0n) is 16.1. The Bertz CT molecular complexity index is 608. The maximum absolute atomic E-state index is 13.1. The first-order chi connectivity index (χ1) is 12.4. The fourth-order valence-corrected chi connectivity index (χ4v) is 4.49. The minimum atomic E-state index is -3.62. The number of methoxy groups -OCH3 is 2. The largest absolute Gasteiger partial charge is 0.493 e. The lowest BCUT2D eigenvalue weighted by Crippen LogP contribution is -2.26. The summed E-state index contributed by atoms with van der Waals surface area (Å²) in [6, 6.07) is 5.49. The molecule has 1 unspecified atom stereocenters. The van der Waals surface area contributed by atoms with E-state index in [1.807, 2.05) is 12.1 Å². The number of benzene rings is 1. The first-order valence-electron chi connectivity index (χ1n) is 8.71. The van der Waals surface area contributed by atoms with Crippen molar-refractivity contribution in [1.82, 2.24) is 0 Å². The molecule has 1 rings (SSSR count). The highest BCUT2D eigenvalue weighted by Crippen LogP contribution is 2.55. The SMILES string of the molecule is CCOC(=O)C(CCc1ccc(OC)c(OC)c1)P(=O)(OCC)OCC. The quantitative estimate of drug-likeness (QED) is 0.398. The van der Waals surface area contributed by atoms with E-state index in [1.54, 1.807) is 41.1 Å². The van der Waals surface area contributed by atoms with Gasteiger partial charge in [0, 0.05) is 0 Å². The molecule has 0 fully saturated rings. The van der Waals surface area contributed by atoms with E-state index in [-0.39, 0.29) is 26.2 Å². The maximum atomic E-state index is 13.1. The predicted octanol–water partition coefficient (Wildman–Crippen LogP) is 3.83. The van der Waals surface area contributed by atoms with Crippen molar-refractivity contribution in [3.63, 3.8) is 0 Å². The molecular formula is C18H29O7P. The lowest BCUT2D eigenvalue weighted by Gasteiger charge is -2.25. The lowest BCUT2D eigenvalue weighted by molar-refractivity contribution is -0.143. The molecule has 0 aliphatic rings. The van der Waals surface area contributed by atoms with E-state index >= 15 is 0 Å². The normalized spacial score (nSPS) is 12.5. The Morgan fingerprint density at radius 3 is 2.12 bits per heavy atom. The van der Waals surface area contributed by atoms with Crippen molar-refractivity contribution in [3.8, 4) is 11.5 Å². The average Bonchev–Trinajstić information content (AvgIpc) is 2.62. The number of ether oxygens (including phenoxy) is 3. The molecule has 0 aliphatic heterocycles. The van der Waals surface area contributed by atoms with E-state index < -0.39 is 19.2 Å². The fourth-order valence-electron chi connectivity index (χ4n) is 2.56. The molecule has 1 atom stereocenters. The number of rotatable bonds is 12. The van der Waals surface area contributed by atoms with Crippen molar-refractivity contribution in [2.75, 3.05) is 34.0 Å². The highest BCUT2D eigenvalue weighted by Gasteiger charge is 2.41. The van der Waals surface area contributed by atoms with Gasteiger partial charge in [0.1, 0.15) is 0 Å². The van der Waals surface area contributed by atoms with Crippen molar-refractivity contribution in [1.29, 1.82) is 0 Å². The van der Waals surface area contributed by atoms with E-state index in [0.717, 1.165) is 5.56 Å². The molecule has 26 heavy (non-hydrogen) atoms. The molecule has 0 aliphatic carbocycles. The van der Waals surface area contributed by atoms with Crippen LogP contribution < -0.4 is 9.47 Å². The average molecular weight is 388 g/mol. The lowest BCUT2D eigenvalue weighted by atomic mass is 10.1. The van der Waals surface area contributed by atoms with E-state index in [2.05, 4.69) is 0 Å². The second kappa shape index (κ2) is 11.2. The number of hydrogen-bond donors (Lipinski definition) is 0. The van der Waals surface area contributed by atoms with Gasteiger partial charge in [-0.3, -0.25) is 9.36 Å². The number of carbonyl (C=O) groups is 1. The van der Waals surface area contributed by atoms with Gasteiger partial charge in [-0.2, -0.15) is 0 Å². The van der Waals surface area contributed by atoms with Gasteiger partial charge in [0.15, 0.2) is 17.2 Å². The number of carbonyl (C=O) groups excluding carboxylic acids is 1. The summed E-state index contributed by atoms with van der Waals surface area (Å²) in [6.07, 6.45) is 0.750. The predicted molar refractivity (Wildman–Crippen MR) is 99.1 cm³/mol. The third kappa shape index (κ3) is 6.01. The Labute approximate surface area is 155 Å². The summed E-state index contributed by atoms with van der Waals surface area (Å²) in [5.41, 5.74) is -0.0630. The number of hydrogen-bond acceptors (Lipinski definition) is 7. The van der Waals surface area contributed by atoms with E-state index in [0.29, 0.717) is 17.9 Å². The standard InChI is InChI=1S/C18H29O7P/c1-6-23-18(19)17(26(20,24-7-2)25-8-3)12-10-14-9-11-15(21-4)16(13-14)22-5/h9,11,13,17H,6-8,10,12H2,1-5H3. The van der Waals surface area contributed by atoms with Gasteiger partial charge in [-0.25, -0.2) is 0 Å². The van der Waals surface area contributed by atoms with Crippen molar-refractivity contribution < 1.29 is 32.6 Å². The Balaban J connectivity index is 3.02. The third-order valence-electron chi connectivity index (χ3n) is 3.71. The summed E-state index contributed by atoms with van der Waals surface area (Å²) in [4.78, 5) is 12.4. The number of aryl methyl sites for hydroxylation is 1. The van der Waals surface area contributed by atoms with Crippen molar-refractivity contribution in [3.05, 3.63) is 23.8 Å². The molecule has 0 bridgehead atoms. The minimum absolute atomic E-state index is 0.184. The van der Waals surface area contributed by atoms with Crippen LogP contribution in [0.5, 0.6) is 11.5 Å². The van der Waals surface area contributed by atoms with Gasteiger partial charge in [0.2, 0.25) is 0 Å². The smallest absolute Gasteiger partial charge is 0.344 e. The highest BCUT2D eigenvalue weighted by molar-refractivity contribution is 7.55. The van der Waals surface area contributed by atoms with Crippen LogP contribution in [-0.2, 0) is 29.6 Å². The molecule has 1 aromatic carbocycles. The molecule has 7 nitrogen and oxygen atoms in total. The fraction of sp³-hybridized carbons (Fsp3) is 0.611. The van der Waals surface area contributed by atoms with Crippen LogP contribution in [0, 0.1) is 0 Å². The molecule has 0 spiro atoms. The van der Waals surface area contributed by atoms with Crippen LogP contribution in [0.15, 0.2) is 18.2 Å². The summed E-state index contributed by atoms with van der Waals surface area (Å²) in [6.45, 7) is 5.69. The molecule has 8 heteroatoms. The van der Waals surface area contributed by atoms with Crippen LogP contribution in [0.1, 0.15) is 32.8 Å². The zero-order valence-corrected chi connectivity index (χ0v) is 17.0. The van der Waals surface area contributed by atoms with Crippen LogP contribution in [0.25, 0.3) is 0 Å². The van der Waals surface area contributed by atoms with Gasteiger partial charge in [-0.05, 0) is 51.3 Å².